The molecule has 2 rings (SSSR count). The van der Waals surface area contributed by atoms with Crippen molar-refractivity contribution in [3.63, 3.8) is 0 Å². The van der Waals surface area contributed by atoms with Crippen LogP contribution in [0.5, 0.6) is 0 Å². The molecular formula is C19H22F2N2O3S. The van der Waals surface area contributed by atoms with Crippen molar-refractivity contribution >= 4 is 15.9 Å². The molecular weight excluding hydrogens is 374 g/mol. The normalized spacial score (nSPS) is 12.1. The van der Waals surface area contributed by atoms with E-state index >= 15 is 0 Å². The lowest BCUT2D eigenvalue weighted by Crippen LogP contribution is -2.40. The second-order valence-corrected chi connectivity index (χ2v) is 8.96. The molecule has 1 amide bonds. The van der Waals surface area contributed by atoms with E-state index in [2.05, 4.69) is 4.72 Å². The second-order valence-electron chi connectivity index (χ2n) is 7.28. The molecule has 8 heteroatoms. The third-order valence-electron chi connectivity index (χ3n) is 3.62. The Balaban J connectivity index is 2.15. The van der Waals surface area contributed by atoms with Gasteiger partial charge >= 0.3 is 0 Å². The molecule has 0 heterocycles. The summed E-state index contributed by atoms with van der Waals surface area (Å²) in [5.74, 6) is -1.83. The Morgan fingerprint density at radius 1 is 1.07 bits per heavy atom. The summed E-state index contributed by atoms with van der Waals surface area (Å²) in [5.41, 5.74) is -0.192. The standard InChI is InChI=1S/C19H22F2N2O3S/c1-19(2,3)22-27(25,26)16-9-6-13(7-10-16)18(24)23(4)12-14-5-8-15(20)11-17(14)21/h5-11,22H,12H2,1-4H3. The van der Waals surface area contributed by atoms with E-state index in [9.17, 15) is 22.0 Å². The lowest BCUT2D eigenvalue weighted by atomic mass is 10.1. The molecule has 0 aliphatic heterocycles. The number of amides is 1. The maximum atomic E-state index is 13.7. The summed E-state index contributed by atoms with van der Waals surface area (Å²) in [4.78, 5) is 13.8. The second kappa shape index (κ2) is 7.74. The maximum absolute atomic E-state index is 13.7. The van der Waals surface area contributed by atoms with Gasteiger partial charge in [-0.3, -0.25) is 4.79 Å². The van der Waals surface area contributed by atoms with E-state index in [1.165, 1.54) is 42.3 Å². The minimum atomic E-state index is -3.70. The number of nitrogens with one attached hydrogen (secondary N) is 1. The molecule has 2 aromatic carbocycles. The SMILES string of the molecule is CN(Cc1ccc(F)cc1F)C(=O)c1ccc(S(=O)(=O)NC(C)(C)C)cc1. The van der Waals surface area contributed by atoms with E-state index in [-0.39, 0.29) is 22.6 Å². The summed E-state index contributed by atoms with van der Waals surface area (Å²) < 4.78 is 53.8. The van der Waals surface area contributed by atoms with Crippen LogP contribution in [0.15, 0.2) is 47.4 Å². The van der Waals surface area contributed by atoms with Gasteiger partial charge < -0.3 is 4.90 Å². The fourth-order valence-electron chi connectivity index (χ4n) is 2.44. The number of nitrogens with zero attached hydrogens (tertiary/aromatic N) is 1. The van der Waals surface area contributed by atoms with Gasteiger partial charge in [0.1, 0.15) is 11.6 Å². The van der Waals surface area contributed by atoms with Crippen molar-refractivity contribution in [3.8, 4) is 0 Å². The van der Waals surface area contributed by atoms with Crippen LogP contribution in [0.3, 0.4) is 0 Å². The first-order valence-electron chi connectivity index (χ1n) is 8.22. The van der Waals surface area contributed by atoms with E-state index in [1.807, 2.05) is 0 Å². The zero-order chi connectivity index (χ0) is 20.4. The van der Waals surface area contributed by atoms with Gasteiger partial charge in [0.05, 0.1) is 4.90 Å². The Labute approximate surface area is 158 Å². The third kappa shape index (κ3) is 5.58. The summed E-state index contributed by atoms with van der Waals surface area (Å²) in [6, 6.07) is 8.64. The molecule has 0 aromatic heterocycles. The predicted molar refractivity (Wildman–Crippen MR) is 98.7 cm³/mol. The van der Waals surface area contributed by atoms with Gasteiger partial charge in [-0.05, 0) is 51.1 Å². The smallest absolute Gasteiger partial charge is 0.253 e. The molecule has 0 radical (unpaired) electrons. The molecule has 27 heavy (non-hydrogen) atoms. The van der Waals surface area contributed by atoms with Crippen molar-refractivity contribution in [2.75, 3.05) is 7.05 Å². The molecule has 0 saturated carbocycles. The average Bonchev–Trinajstić information content (AvgIpc) is 2.54. The molecule has 0 atom stereocenters. The van der Waals surface area contributed by atoms with Gasteiger partial charge in [-0.25, -0.2) is 21.9 Å². The third-order valence-corrected chi connectivity index (χ3v) is 5.40. The van der Waals surface area contributed by atoms with Crippen molar-refractivity contribution < 1.29 is 22.0 Å². The molecule has 0 aliphatic rings. The predicted octanol–water partition coefficient (Wildman–Crippen LogP) is 3.31. The van der Waals surface area contributed by atoms with Crippen molar-refractivity contribution in [2.45, 2.75) is 37.8 Å². The molecule has 5 nitrogen and oxygen atoms in total. The molecule has 0 bridgehead atoms. The quantitative estimate of drug-likeness (QED) is 0.843. The Kier molecular flexibility index (Phi) is 6.01. The van der Waals surface area contributed by atoms with Gasteiger partial charge in [-0.2, -0.15) is 0 Å². The van der Waals surface area contributed by atoms with Crippen LogP contribution in [-0.4, -0.2) is 31.8 Å². The van der Waals surface area contributed by atoms with Crippen LogP contribution in [0.2, 0.25) is 0 Å². The first-order valence-corrected chi connectivity index (χ1v) is 9.71. The van der Waals surface area contributed by atoms with Gasteiger partial charge in [0.15, 0.2) is 0 Å². The summed E-state index contributed by atoms with van der Waals surface area (Å²) in [6.07, 6.45) is 0. The minimum Gasteiger partial charge on any atom is -0.337 e. The number of hydrogen-bond acceptors (Lipinski definition) is 3. The zero-order valence-electron chi connectivity index (χ0n) is 15.6. The summed E-state index contributed by atoms with van der Waals surface area (Å²) in [7, 11) is -2.22. The molecule has 0 saturated heterocycles. The molecule has 0 fully saturated rings. The lowest BCUT2D eigenvalue weighted by Gasteiger charge is -2.21. The number of rotatable bonds is 5. The Morgan fingerprint density at radius 3 is 2.19 bits per heavy atom. The summed E-state index contributed by atoms with van der Waals surface area (Å²) >= 11 is 0. The monoisotopic (exact) mass is 396 g/mol. The minimum absolute atomic E-state index is 0.0428. The average molecular weight is 396 g/mol. The lowest BCUT2D eigenvalue weighted by molar-refractivity contribution is 0.0783. The van der Waals surface area contributed by atoms with E-state index in [1.54, 1.807) is 20.8 Å². The Bertz CT molecular complexity index is 936. The molecule has 0 unspecified atom stereocenters. The zero-order valence-corrected chi connectivity index (χ0v) is 16.4. The van der Waals surface area contributed by atoms with Gasteiger partial charge in [0.25, 0.3) is 5.91 Å². The first-order chi connectivity index (χ1) is 12.4. The van der Waals surface area contributed by atoms with Gasteiger partial charge in [-0.15, -0.1) is 0 Å². The van der Waals surface area contributed by atoms with Crippen LogP contribution < -0.4 is 4.72 Å². The van der Waals surface area contributed by atoms with Crippen molar-refractivity contribution in [2.24, 2.45) is 0 Å². The van der Waals surface area contributed by atoms with Crippen molar-refractivity contribution in [1.82, 2.24) is 9.62 Å². The van der Waals surface area contributed by atoms with Crippen molar-refractivity contribution in [1.29, 1.82) is 0 Å². The van der Waals surface area contributed by atoms with E-state index < -0.39 is 33.1 Å². The molecule has 0 spiro atoms. The first kappa shape index (κ1) is 21.0. The number of carbonyl (C=O) groups excluding carboxylic acids is 1. The van der Waals surface area contributed by atoms with E-state index in [0.29, 0.717) is 0 Å². The number of sulfonamides is 1. The van der Waals surface area contributed by atoms with E-state index in [0.717, 1.165) is 12.1 Å². The summed E-state index contributed by atoms with van der Waals surface area (Å²) in [5, 5.41) is 0. The van der Waals surface area contributed by atoms with Gasteiger partial charge in [-0.1, -0.05) is 6.07 Å². The number of carbonyl (C=O) groups is 1. The number of hydrogen-bond donors (Lipinski definition) is 1. The highest BCUT2D eigenvalue weighted by Gasteiger charge is 2.22. The van der Waals surface area contributed by atoms with E-state index in [4.69, 9.17) is 0 Å². The van der Waals surface area contributed by atoms with Gasteiger partial charge in [0, 0.05) is 36.3 Å². The summed E-state index contributed by atoms with van der Waals surface area (Å²) in [6.45, 7) is 5.14. The van der Waals surface area contributed by atoms with Crippen LogP contribution in [0.25, 0.3) is 0 Å². The van der Waals surface area contributed by atoms with Crippen LogP contribution in [0.4, 0.5) is 8.78 Å². The largest absolute Gasteiger partial charge is 0.337 e. The maximum Gasteiger partial charge on any atom is 0.253 e. The molecule has 2 aromatic rings. The Hall–Kier alpha value is -2.32. The molecule has 1 N–H and O–H groups in total. The fourth-order valence-corrected chi connectivity index (χ4v) is 3.85. The highest BCUT2D eigenvalue weighted by molar-refractivity contribution is 7.89. The fraction of sp³-hybridized carbons (Fsp3) is 0.316. The molecule has 0 aliphatic carbocycles. The van der Waals surface area contributed by atoms with Crippen LogP contribution in [0.1, 0.15) is 36.7 Å². The highest BCUT2D eigenvalue weighted by atomic mass is 32.2. The van der Waals surface area contributed by atoms with Gasteiger partial charge in [0.2, 0.25) is 10.0 Å². The van der Waals surface area contributed by atoms with Crippen molar-refractivity contribution in [3.05, 3.63) is 65.2 Å². The number of benzene rings is 2. The molecule has 146 valence electrons. The Morgan fingerprint density at radius 2 is 1.67 bits per heavy atom. The van der Waals surface area contributed by atoms with Crippen LogP contribution in [0, 0.1) is 11.6 Å². The number of halogens is 2. The van der Waals surface area contributed by atoms with Crippen LogP contribution in [-0.2, 0) is 16.6 Å². The highest BCUT2D eigenvalue weighted by Crippen LogP contribution is 2.16. The van der Waals surface area contributed by atoms with Crippen LogP contribution >= 0.6 is 0 Å². The topological polar surface area (TPSA) is 66.5 Å².